The molecule has 0 N–H and O–H groups in total. The number of hydrogen-bond donors (Lipinski definition) is 0. The molecule has 0 atom stereocenters. The fourth-order valence-corrected chi connectivity index (χ4v) is 3.58. The first-order valence-corrected chi connectivity index (χ1v) is 8.17. The molecule has 1 aliphatic heterocycles. The van der Waals surface area contributed by atoms with Crippen molar-refractivity contribution >= 4 is 27.5 Å². The minimum absolute atomic E-state index is 0.311. The monoisotopic (exact) mass is 344 g/mol. The van der Waals surface area contributed by atoms with Crippen LogP contribution in [0.3, 0.4) is 0 Å². The molecule has 0 radical (unpaired) electrons. The number of nitrogens with zero attached hydrogens (tertiary/aromatic N) is 2. The van der Waals surface area contributed by atoms with Crippen LogP contribution in [-0.4, -0.2) is 23.7 Å². The lowest BCUT2D eigenvalue weighted by atomic mass is 10.2. The Morgan fingerprint density at radius 1 is 1.17 bits per heavy atom. The van der Waals surface area contributed by atoms with Gasteiger partial charge in [0.1, 0.15) is 19.0 Å². The van der Waals surface area contributed by atoms with Gasteiger partial charge in [-0.05, 0) is 36.4 Å². The number of carbonyl (C=O) groups is 1. The predicted octanol–water partition coefficient (Wildman–Crippen LogP) is 2.89. The van der Waals surface area contributed by atoms with Gasteiger partial charge in [0.05, 0.1) is 10.2 Å². The lowest BCUT2D eigenvalue weighted by Crippen LogP contribution is -2.16. The maximum absolute atomic E-state index is 13.3. The van der Waals surface area contributed by atoms with Crippen LogP contribution in [0.25, 0.3) is 10.2 Å². The average molecular weight is 344 g/mol. The predicted molar refractivity (Wildman–Crippen MR) is 88.1 cm³/mol. The number of hydrogen-bond acceptors (Lipinski definition) is 4. The second kappa shape index (κ2) is 5.76. The molecule has 0 spiro atoms. The molecule has 3 aromatic rings. The lowest BCUT2D eigenvalue weighted by Gasteiger charge is -2.18. The minimum atomic E-state index is -0.380. The van der Waals surface area contributed by atoms with Crippen molar-refractivity contribution in [3.05, 3.63) is 52.6 Å². The van der Waals surface area contributed by atoms with Gasteiger partial charge in [-0.1, -0.05) is 11.3 Å². The Balaban J connectivity index is 1.75. The first-order chi connectivity index (χ1) is 11.6. The van der Waals surface area contributed by atoms with E-state index in [-0.39, 0.29) is 11.7 Å². The fraction of sp³-hybridized carbons (Fsp3) is 0.176. The zero-order valence-electron chi connectivity index (χ0n) is 12.8. The maximum atomic E-state index is 13.3. The highest BCUT2D eigenvalue weighted by molar-refractivity contribution is 7.16. The third-order valence-electron chi connectivity index (χ3n) is 3.76. The van der Waals surface area contributed by atoms with Crippen molar-refractivity contribution in [2.75, 3.05) is 13.2 Å². The van der Waals surface area contributed by atoms with Gasteiger partial charge in [0.2, 0.25) is 0 Å². The number of rotatable bonds is 1. The molecule has 0 fully saturated rings. The van der Waals surface area contributed by atoms with Crippen LogP contribution < -0.4 is 14.3 Å². The van der Waals surface area contributed by atoms with E-state index in [1.165, 1.54) is 23.5 Å². The van der Waals surface area contributed by atoms with Gasteiger partial charge >= 0.3 is 0 Å². The highest BCUT2D eigenvalue weighted by Crippen LogP contribution is 2.30. The second-order valence-corrected chi connectivity index (χ2v) is 6.34. The molecule has 0 unspecified atom stereocenters. The Bertz CT molecular complexity index is 1020. The number of fused-ring (bicyclic) bond motifs is 2. The number of aryl methyl sites for hydroxylation is 1. The number of ether oxygens (including phenoxy) is 2. The summed E-state index contributed by atoms with van der Waals surface area (Å²) in [5, 5.41) is 0. The second-order valence-electron chi connectivity index (χ2n) is 5.33. The van der Waals surface area contributed by atoms with Crippen LogP contribution in [0.4, 0.5) is 4.39 Å². The van der Waals surface area contributed by atoms with Gasteiger partial charge in [-0.3, -0.25) is 4.79 Å². The van der Waals surface area contributed by atoms with Crippen molar-refractivity contribution in [3.63, 3.8) is 0 Å². The molecule has 1 aromatic heterocycles. The van der Waals surface area contributed by atoms with Crippen LogP contribution in [0.1, 0.15) is 10.4 Å². The molecule has 5 nitrogen and oxygen atoms in total. The topological polar surface area (TPSA) is 52.8 Å². The summed E-state index contributed by atoms with van der Waals surface area (Å²) in [5.74, 6) is 0.481. The number of carbonyl (C=O) groups excluding carboxylic acids is 1. The average Bonchev–Trinajstić information content (AvgIpc) is 2.89. The zero-order valence-corrected chi connectivity index (χ0v) is 13.6. The van der Waals surface area contributed by atoms with E-state index in [0.717, 1.165) is 10.2 Å². The molecular weight excluding hydrogens is 331 g/mol. The summed E-state index contributed by atoms with van der Waals surface area (Å²) in [6, 6.07) is 9.50. The molecule has 1 aliphatic rings. The molecule has 0 aliphatic carbocycles. The van der Waals surface area contributed by atoms with Crippen LogP contribution in [-0.2, 0) is 7.05 Å². The molecular formula is C17H13FN2O3S. The SMILES string of the molecule is Cn1c(=NC(=O)c2ccc3c(c2)OCCO3)sc2cc(F)ccc21. The molecule has 7 heteroatoms. The summed E-state index contributed by atoms with van der Waals surface area (Å²) >= 11 is 1.27. The summed E-state index contributed by atoms with van der Waals surface area (Å²) in [6.45, 7) is 0.956. The molecule has 4 rings (SSSR count). The van der Waals surface area contributed by atoms with E-state index < -0.39 is 0 Å². The number of thiazole rings is 1. The van der Waals surface area contributed by atoms with Gasteiger partial charge in [-0.25, -0.2) is 4.39 Å². The van der Waals surface area contributed by atoms with Gasteiger partial charge in [0, 0.05) is 12.6 Å². The van der Waals surface area contributed by atoms with Gasteiger partial charge in [0.15, 0.2) is 16.3 Å². The molecule has 122 valence electrons. The van der Waals surface area contributed by atoms with E-state index in [2.05, 4.69) is 4.99 Å². The van der Waals surface area contributed by atoms with Crippen molar-refractivity contribution < 1.29 is 18.7 Å². The van der Waals surface area contributed by atoms with E-state index in [1.54, 1.807) is 35.9 Å². The van der Waals surface area contributed by atoms with Crippen molar-refractivity contribution in [3.8, 4) is 11.5 Å². The Labute approximate surface area is 140 Å². The maximum Gasteiger partial charge on any atom is 0.279 e. The van der Waals surface area contributed by atoms with E-state index >= 15 is 0 Å². The van der Waals surface area contributed by atoms with Crippen LogP contribution in [0.2, 0.25) is 0 Å². The number of halogens is 1. The van der Waals surface area contributed by atoms with Crippen LogP contribution >= 0.6 is 11.3 Å². The molecule has 24 heavy (non-hydrogen) atoms. The van der Waals surface area contributed by atoms with E-state index in [0.29, 0.717) is 35.1 Å². The van der Waals surface area contributed by atoms with Crippen LogP contribution in [0, 0.1) is 5.82 Å². The van der Waals surface area contributed by atoms with Gasteiger partial charge in [-0.15, -0.1) is 0 Å². The Hall–Kier alpha value is -2.67. The molecule has 2 aromatic carbocycles. The van der Waals surface area contributed by atoms with Crippen LogP contribution in [0.5, 0.6) is 11.5 Å². The highest BCUT2D eigenvalue weighted by atomic mass is 32.1. The van der Waals surface area contributed by atoms with Crippen molar-refractivity contribution in [2.24, 2.45) is 12.0 Å². The Morgan fingerprint density at radius 3 is 2.79 bits per heavy atom. The van der Waals surface area contributed by atoms with E-state index in [4.69, 9.17) is 9.47 Å². The summed E-state index contributed by atoms with van der Waals surface area (Å²) in [5.41, 5.74) is 1.25. The number of benzene rings is 2. The van der Waals surface area contributed by atoms with Crippen LogP contribution in [0.15, 0.2) is 41.4 Å². The summed E-state index contributed by atoms with van der Waals surface area (Å²) in [4.78, 5) is 17.1. The van der Waals surface area contributed by atoms with Gasteiger partial charge in [-0.2, -0.15) is 4.99 Å². The summed E-state index contributed by atoms with van der Waals surface area (Å²) < 4.78 is 26.8. The molecule has 0 saturated carbocycles. The Morgan fingerprint density at radius 2 is 1.96 bits per heavy atom. The van der Waals surface area contributed by atoms with Gasteiger partial charge in [0.25, 0.3) is 5.91 Å². The molecule has 1 amide bonds. The zero-order chi connectivity index (χ0) is 16.7. The van der Waals surface area contributed by atoms with Crippen molar-refractivity contribution in [1.82, 2.24) is 4.57 Å². The molecule has 2 heterocycles. The first kappa shape index (κ1) is 14.9. The third-order valence-corrected chi connectivity index (χ3v) is 4.85. The first-order valence-electron chi connectivity index (χ1n) is 7.35. The smallest absolute Gasteiger partial charge is 0.279 e. The van der Waals surface area contributed by atoms with Crippen molar-refractivity contribution in [1.29, 1.82) is 0 Å². The highest BCUT2D eigenvalue weighted by Gasteiger charge is 2.15. The van der Waals surface area contributed by atoms with Crippen molar-refractivity contribution in [2.45, 2.75) is 0 Å². The fourth-order valence-electron chi connectivity index (χ4n) is 2.54. The normalized spacial score (nSPS) is 14.2. The van der Waals surface area contributed by atoms with E-state index in [9.17, 15) is 9.18 Å². The minimum Gasteiger partial charge on any atom is -0.486 e. The molecule has 0 saturated heterocycles. The Kier molecular flexibility index (Phi) is 3.57. The largest absolute Gasteiger partial charge is 0.486 e. The van der Waals surface area contributed by atoms with Gasteiger partial charge < -0.3 is 14.0 Å². The van der Waals surface area contributed by atoms with E-state index in [1.807, 2.05) is 0 Å². The number of aromatic nitrogens is 1. The quantitative estimate of drug-likeness (QED) is 0.682. The summed E-state index contributed by atoms with van der Waals surface area (Å²) in [7, 11) is 1.80. The third kappa shape index (κ3) is 2.56. The lowest BCUT2D eigenvalue weighted by molar-refractivity contribution is 0.0996. The molecule has 0 bridgehead atoms. The summed E-state index contributed by atoms with van der Waals surface area (Å²) in [6.07, 6.45) is 0. The standard InChI is InChI=1S/C17H13FN2O3S/c1-20-12-4-3-11(18)9-15(12)24-17(20)19-16(21)10-2-5-13-14(8-10)23-7-6-22-13/h2-5,8-9H,6-7H2,1H3. The number of amides is 1.